The number of sulfonamides is 1. The Kier molecular flexibility index (Phi) is 5.94. The van der Waals surface area contributed by atoms with Crippen molar-refractivity contribution in [3.8, 4) is 0 Å². The lowest BCUT2D eigenvalue weighted by atomic mass is 10.1. The molecule has 3 aromatic rings. The number of carbonyl (C=O) groups is 2. The van der Waals surface area contributed by atoms with E-state index in [1.165, 1.54) is 25.2 Å². The molecule has 0 bridgehead atoms. The molecule has 0 aliphatic carbocycles. The molecule has 0 fully saturated rings. The number of nitrogens with one attached hydrogen (secondary N) is 3. The quantitative estimate of drug-likeness (QED) is 0.582. The van der Waals surface area contributed by atoms with Crippen LogP contribution in [0.5, 0.6) is 0 Å². The predicted molar refractivity (Wildman–Crippen MR) is 111 cm³/mol. The standard InChI is InChI=1S/C21H19N3O4S/c1-22-20(25)15-10-12-17(13-11-15)23-21(26)16-6-5-7-18(14-16)24-29(27,28)19-8-3-2-4-9-19/h2-14,24H,1H3,(H,22,25)(H,23,26). The predicted octanol–water partition coefficient (Wildman–Crippen LogP) is 3.10. The number of rotatable bonds is 6. The first-order valence-corrected chi connectivity index (χ1v) is 10.2. The van der Waals surface area contributed by atoms with Gasteiger partial charge in [0.2, 0.25) is 0 Å². The molecule has 0 heterocycles. The number of carbonyl (C=O) groups excluding carboxylic acids is 2. The summed E-state index contributed by atoms with van der Waals surface area (Å²) < 4.78 is 27.4. The summed E-state index contributed by atoms with van der Waals surface area (Å²) in [5.41, 5.74) is 1.55. The van der Waals surface area contributed by atoms with Crippen LogP contribution < -0.4 is 15.4 Å². The van der Waals surface area contributed by atoms with Crippen molar-refractivity contribution in [2.24, 2.45) is 0 Å². The summed E-state index contributed by atoms with van der Waals surface area (Å²) >= 11 is 0. The van der Waals surface area contributed by atoms with Crippen LogP contribution in [-0.2, 0) is 10.0 Å². The van der Waals surface area contributed by atoms with Crippen molar-refractivity contribution in [3.63, 3.8) is 0 Å². The van der Waals surface area contributed by atoms with Gasteiger partial charge in [0, 0.05) is 29.5 Å². The zero-order valence-corrected chi connectivity index (χ0v) is 16.4. The molecule has 0 atom stereocenters. The van der Waals surface area contributed by atoms with Crippen LogP contribution in [0.2, 0.25) is 0 Å². The van der Waals surface area contributed by atoms with E-state index < -0.39 is 15.9 Å². The van der Waals surface area contributed by atoms with Crippen molar-refractivity contribution in [2.45, 2.75) is 4.90 Å². The van der Waals surface area contributed by atoms with Crippen molar-refractivity contribution in [1.82, 2.24) is 5.32 Å². The Morgan fingerprint density at radius 2 is 1.41 bits per heavy atom. The molecule has 0 aliphatic heterocycles. The summed E-state index contributed by atoms with van der Waals surface area (Å²) in [5.74, 6) is -0.625. The van der Waals surface area contributed by atoms with E-state index in [1.54, 1.807) is 60.7 Å². The Morgan fingerprint density at radius 3 is 2.07 bits per heavy atom. The smallest absolute Gasteiger partial charge is 0.261 e. The molecule has 7 nitrogen and oxygen atoms in total. The van der Waals surface area contributed by atoms with Crippen LogP contribution in [0.1, 0.15) is 20.7 Å². The normalized spacial score (nSPS) is 10.8. The third-order valence-electron chi connectivity index (χ3n) is 4.06. The summed E-state index contributed by atoms with van der Waals surface area (Å²) in [7, 11) is -2.21. The van der Waals surface area contributed by atoms with Crippen LogP contribution in [0.3, 0.4) is 0 Å². The molecule has 29 heavy (non-hydrogen) atoms. The van der Waals surface area contributed by atoms with Crippen LogP contribution in [0, 0.1) is 0 Å². The first-order chi connectivity index (χ1) is 13.9. The molecule has 0 unspecified atom stereocenters. The SMILES string of the molecule is CNC(=O)c1ccc(NC(=O)c2cccc(NS(=O)(=O)c3ccccc3)c2)cc1. The van der Waals surface area contributed by atoms with Crippen molar-refractivity contribution in [3.05, 3.63) is 90.0 Å². The summed E-state index contributed by atoms with van der Waals surface area (Å²) in [6.07, 6.45) is 0. The van der Waals surface area contributed by atoms with Crippen LogP contribution in [-0.4, -0.2) is 27.3 Å². The number of amides is 2. The summed E-state index contributed by atoms with van der Waals surface area (Å²) in [6.45, 7) is 0. The lowest BCUT2D eigenvalue weighted by Crippen LogP contribution is -2.18. The Labute approximate surface area is 168 Å². The first kappa shape index (κ1) is 20.1. The van der Waals surface area contributed by atoms with Gasteiger partial charge in [-0.05, 0) is 54.6 Å². The van der Waals surface area contributed by atoms with Gasteiger partial charge in [-0.15, -0.1) is 0 Å². The molecule has 3 N–H and O–H groups in total. The van der Waals surface area contributed by atoms with Gasteiger partial charge in [0.1, 0.15) is 0 Å². The van der Waals surface area contributed by atoms with Crippen LogP contribution in [0.25, 0.3) is 0 Å². The molecule has 148 valence electrons. The van der Waals surface area contributed by atoms with E-state index in [9.17, 15) is 18.0 Å². The average Bonchev–Trinajstić information content (AvgIpc) is 2.74. The molecular formula is C21H19N3O4S. The van der Waals surface area contributed by atoms with Crippen molar-refractivity contribution < 1.29 is 18.0 Å². The van der Waals surface area contributed by atoms with Gasteiger partial charge in [0.05, 0.1) is 4.90 Å². The molecule has 3 aromatic carbocycles. The van der Waals surface area contributed by atoms with E-state index in [4.69, 9.17) is 0 Å². The molecule has 8 heteroatoms. The fraction of sp³-hybridized carbons (Fsp3) is 0.0476. The highest BCUT2D eigenvalue weighted by Crippen LogP contribution is 2.18. The molecule has 3 rings (SSSR count). The lowest BCUT2D eigenvalue weighted by Gasteiger charge is -2.10. The van der Waals surface area contributed by atoms with E-state index in [0.717, 1.165) is 0 Å². The topological polar surface area (TPSA) is 104 Å². The monoisotopic (exact) mass is 409 g/mol. The van der Waals surface area contributed by atoms with Gasteiger partial charge in [-0.25, -0.2) is 8.42 Å². The number of hydrogen-bond donors (Lipinski definition) is 3. The summed E-state index contributed by atoms with van der Waals surface area (Å²) in [6, 6.07) is 20.6. The second-order valence-corrected chi connectivity index (χ2v) is 7.79. The van der Waals surface area contributed by atoms with Gasteiger partial charge >= 0.3 is 0 Å². The maximum atomic E-state index is 12.5. The minimum Gasteiger partial charge on any atom is -0.355 e. The van der Waals surface area contributed by atoms with Gasteiger partial charge in [-0.3, -0.25) is 14.3 Å². The second kappa shape index (κ2) is 8.57. The number of anilines is 2. The van der Waals surface area contributed by atoms with Crippen LogP contribution in [0.15, 0.2) is 83.8 Å². The maximum Gasteiger partial charge on any atom is 0.261 e. The molecule has 0 aromatic heterocycles. The van der Waals surface area contributed by atoms with Gasteiger partial charge in [-0.1, -0.05) is 24.3 Å². The molecule has 0 saturated heterocycles. The van der Waals surface area contributed by atoms with E-state index in [-0.39, 0.29) is 22.1 Å². The minimum atomic E-state index is -3.75. The van der Waals surface area contributed by atoms with Gasteiger partial charge in [0.25, 0.3) is 21.8 Å². The fourth-order valence-corrected chi connectivity index (χ4v) is 3.66. The Hall–Kier alpha value is -3.65. The molecule has 0 radical (unpaired) electrons. The first-order valence-electron chi connectivity index (χ1n) is 8.70. The highest BCUT2D eigenvalue weighted by Gasteiger charge is 2.15. The Morgan fingerprint density at radius 1 is 0.724 bits per heavy atom. The maximum absolute atomic E-state index is 12.5. The van der Waals surface area contributed by atoms with Gasteiger partial charge in [0.15, 0.2) is 0 Å². The molecule has 2 amide bonds. The van der Waals surface area contributed by atoms with Crippen LogP contribution in [0.4, 0.5) is 11.4 Å². The van der Waals surface area contributed by atoms with Crippen LogP contribution >= 0.6 is 0 Å². The average molecular weight is 409 g/mol. The van der Waals surface area contributed by atoms with Crippen molar-refractivity contribution >= 4 is 33.2 Å². The van der Waals surface area contributed by atoms with E-state index in [2.05, 4.69) is 15.4 Å². The van der Waals surface area contributed by atoms with E-state index in [0.29, 0.717) is 11.3 Å². The summed E-state index contributed by atoms with van der Waals surface area (Å²) in [4.78, 5) is 24.2. The number of benzene rings is 3. The van der Waals surface area contributed by atoms with Crippen molar-refractivity contribution in [2.75, 3.05) is 17.1 Å². The van der Waals surface area contributed by atoms with Crippen molar-refractivity contribution in [1.29, 1.82) is 0 Å². The van der Waals surface area contributed by atoms with Gasteiger partial charge < -0.3 is 10.6 Å². The van der Waals surface area contributed by atoms with E-state index >= 15 is 0 Å². The number of hydrogen-bond acceptors (Lipinski definition) is 4. The highest BCUT2D eigenvalue weighted by molar-refractivity contribution is 7.92. The minimum absolute atomic E-state index is 0.131. The van der Waals surface area contributed by atoms with E-state index in [1.807, 2.05) is 0 Å². The zero-order chi connectivity index (χ0) is 20.9. The third kappa shape index (κ3) is 4.99. The molecule has 0 spiro atoms. The Bertz CT molecular complexity index is 1130. The fourth-order valence-electron chi connectivity index (χ4n) is 2.59. The second-order valence-electron chi connectivity index (χ2n) is 6.11. The Balaban J connectivity index is 1.73. The lowest BCUT2D eigenvalue weighted by molar-refractivity contribution is 0.0962. The summed E-state index contributed by atoms with van der Waals surface area (Å²) in [5, 5.41) is 5.24. The van der Waals surface area contributed by atoms with Gasteiger partial charge in [-0.2, -0.15) is 0 Å². The highest BCUT2D eigenvalue weighted by atomic mass is 32.2. The zero-order valence-electron chi connectivity index (χ0n) is 15.5. The largest absolute Gasteiger partial charge is 0.355 e. The molecule has 0 aliphatic rings. The third-order valence-corrected chi connectivity index (χ3v) is 5.46. The molecule has 0 saturated carbocycles. The molecular weight excluding hydrogens is 390 g/mol.